The number of aryl methyl sites for hydroxylation is 1. The zero-order chi connectivity index (χ0) is 20.1. The number of amides is 2. The lowest BCUT2D eigenvalue weighted by Crippen LogP contribution is -2.51. The first kappa shape index (κ1) is 19.4. The Kier molecular flexibility index (Phi) is 5.93. The Hall–Kier alpha value is -3.35. The number of nitrogens with one attached hydrogen (secondary N) is 1. The van der Waals surface area contributed by atoms with Crippen LogP contribution in [0.2, 0.25) is 0 Å². The topological polar surface area (TPSA) is 78.9 Å². The predicted molar refractivity (Wildman–Crippen MR) is 106 cm³/mol. The Morgan fingerprint density at radius 3 is 2.25 bits per heavy atom. The highest BCUT2D eigenvalue weighted by Gasteiger charge is 2.26. The highest BCUT2D eigenvalue weighted by atomic mass is 16.5. The normalized spacial score (nSPS) is 13.8. The van der Waals surface area contributed by atoms with E-state index in [2.05, 4.69) is 27.1 Å². The number of anilines is 2. The molecule has 0 spiro atoms. The molecule has 0 aliphatic carbocycles. The van der Waals surface area contributed by atoms with Crippen LogP contribution >= 0.6 is 0 Å². The van der Waals surface area contributed by atoms with Crippen LogP contribution in [-0.2, 0) is 14.3 Å². The molecule has 7 heteroatoms. The monoisotopic (exact) mass is 381 g/mol. The van der Waals surface area contributed by atoms with Crippen LogP contribution in [0.4, 0.5) is 11.4 Å². The van der Waals surface area contributed by atoms with Crippen molar-refractivity contribution in [2.75, 3.05) is 43.5 Å². The van der Waals surface area contributed by atoms with Gasteiger partial charge < -0.3 is 19.9 Å². The fourth-order valence-corrected chi connectivity index (χ4v) is 3.13. The molecule has 1 aliphatic rings. The van der Waals surface area contributed by atoms with Crippen molar-refractivity contribution in [2.45, 2.75) is 6.92 Å². The van der Waals surface area contributed by atoms with E-state index in [1.165, 1.54) is 24.8 Å². The number of piperazine rings is 1. The highest BCUT2D eigenvalue weighted by molar-refractivity contribution is 6.39. The summed E-state index contributed by atoms with van der Waals surface area (Å²) >= 11 is 0. The first-order chi connectivity index (χ1) is 13.5. The third kappa shape index (κ3) is 4.49. The molecule has 1 fully saturated rings. The second-order valence-electron chi connectivity index (χ2n) is 6.64. The smallest absolute Gasteiger partial charge is 0.337 e. The third-order valence-electron chi connectivity index (χ3n) is 4.69. The fourth-order valence-electron chi connectivity index (χ4n) is 3.13. The van der Waals surface area contributed by atoms with Crippen LogP contribution in [-0.4, -0.2) is 56.0 Å². The van der Waals surface area contributed by atoms with Gasteiger partial charge in [-0.05, 0) is 48.9 Å². The molecule has 2 aromatic rings. The Labute approximate surface area is 163 Å². The number of ether oxygens (including phenoxy) is 1. The summed E-state index contributed by atoms with van der Waals surface area (Å²) in [6.45, 7) is 4.38. The van der Waals surface area contributed by atoms with E-state index in [0.717, 1.165) is 5.69 Å². The molecule has 1 aliphatic heterocycles. The first-order valence-electron chi connectivity index (χ1n) is 9.08. The van der Waals surface area contributed by atoms with Crippen LogP contribution in [0.1, 0.15) is 15.9 Å². The van der Waals surface area contributed by atoms with E-state index in [1.807, 2.05) is 19.1 Å². The molecule has 1 heterocycles. The number of carbonyl (C=O) groups is 3. The van der Waals surface area contributed by atoms with Crippen LogP contribution in [0.15, 0.2) is 48.5 Å². The molecule has 2 amide bonds. The summed E-state index contributed by atoms with van der Waals surface area (Å²) in [7, 11) is 1.30. The summed E-state index contributed by atoms with van der Waals surface area (Å²) in [5.74, 6) is -1.70. The molecule has 2 aromatic carbocycles. The highest BCUT2D eigenvalue weighted by Crippen LogP contribution is 2.18. The molecule has 1 N–H and O–H groups in total. The molecule has 3 rings (SSSR count). The van der Waals surface area contributed by atoms with E-state index in [1.54, 1.807) is 17.0 Å². The Morgan fingerprint density at radius 2 is 1.64 bits per heavy atom. The molecule has 0 saturated carbocycles. The lowest BCUT2D eigenvalue weighted by Gasteiger charge is -2.35. The number of benzene rings is 2. The number of carbonyl (C=O) groups excluding carboxylic acids is 3. The van der Waals surface area contributed by atoms with Gasteiger partial charge in [0.15, 0.2) is 0 Å². The molecule has 0 radical (unpaired) electrons. The van der Waals surface area contributed by atoms with Gasteiger partial charge in [-0.1, -0.05) is 12.1 Å². The van der Waals surface area contributed by atoms with Crippen LogP contribution < -0.4 is 10.2 Å². The standard InChI is InChI=1S/C21H23N3O4/c1-15-4-3-5-18(14-15)23-10-12-24(13-11-23)20(26)19(25)22-17-8-6-16(7-9-17)21(27)28-2/h3-9,14H,10-13H2,1-2H3,(H,22,25). The quantitative estimate of drug-likeness (QED) is 0.650. The van der Waals surface area contributed by atoms with Gasteiger partial charge in [0.05, 0.1) is 12.7 Å². The maximum Gasteiger partial charge on any atom is 0.337 e. The number of hydrogen-bond acceptors (Lipinski definition) is 5. The predicted octanol–water partition coefficient (Wildman–Crippen LogP) is 2.07. The Morgan fingerprint density at radius 1 is 0.964 bits per heavy atom. The van der Waals surface area contributed by atoms with Crippen molar-refractivity contribution in [1.29, 1.82) is 0 Å². The molecular weight excluding hydrogens is 358 g/mol. The number of rotatable bonds is 3. The van der Waals surface area contributed by atoms with Gasteiger partial charge in [-0.2, -0.15) is 0 Å². The van der Waals surface area contributed by atoms with Crippen molar-refractivity contribution in [1.82, 2.24) is 4.90 Å². The molecule has 7 nitrogen and oxygen atoms in total. The van der Waals surface area contributed by atoms with Gasteiger partial charge in [-0.3, -0.25) is 9.59 Å². The summed E-state index contributed by atoms with van der Waals surface area (Å²) in [5, 5.41) is 2.58. The van der Waals surface area contributed by atoms with E-state index in [0.29, 0.717) is 37.4 Å². The van der Waals surface area contributed by atoms with Gasteiger partial charge in [0.1, 0.15) is 0 Å². The van der Waals surface area contributed by atoms with Crippen molar-refractivity contribution in [3.8, 4) is 0 Å². The number of hydrogen-bond donors (Lipinski definition) is 1. The van der Waals surface area contributed by atoms with Gasteiger partial charge in [-0.15, -0.1) is 0 Å². The van der Waals surface area contributed by atoms with E-state index in [4.69, 9.17) is 0 Å². The van der Waals surface area contributed by atoms with Crippen molar-refractivity contribution < 1.29 is 19.1 Å². The minimum absolute atomic E-state index is 0.374. The van der Waals surface area contributed by atoms with Gasteiger partial charge in [0.25, 0.3) is 0 Å². The molecule has 0 aromatic heterocycles. The SMILES string of the molecule is COC(=O)c1ccc(NC(=O)C(=O)N2CCN(c3cccc(C)c3)CC2)cc1. The number of esters is 1. The average Bonchev–Trinajstić information content (AvgIpc) is 2.73. The second-order valence-corrected chi connectivity index (χ2v) is 6.64. The summed E-state index contributed by atoms with van der Waals surface area (Å²) in [6.07, 6.45) is 0. The lowest BCUT2D eigenvalue weighted by atomic mass is 10.2. The molecule has 0 unspecified atom stereocenters. The van der Waals surface area contributed by atoms with E-state index >= 15 is 0 Å². The first-order valence-corrected chi connectivity index (χ1v) is 9.08. The second kappa shape index (κ2) is 8.56. The minimum Gasteiger partial charge on any atom is -0.465 e. The van der Waals surface area contributed by atoms with Crippen LogP contribution in [0.25, 0.3) is 0 Å². The van der Waals surface area contributed by atoms with Crippen LogP contribution in [0.3, 0.4) is 0 Å². The third-order valence-corrected chi connectivity index (χ3v) is 4.69. The molecule has 146 valence electrons. The van der Waals surface area contributed by atoms with Crippen LogP contribution in [0, 0.1) is 6.92 Å². The van der Waals surface area contributed by atoms with Crippen molar-refractivity contribution >= 4 is 29.2 Å². The lowest BCUT2D eigenvalue weighted by molar-refractivity contribution is -0.143. The van der Waals surface area contributed by atoms with Gasteiger partial charge in [0.2, 0.25) is 0 Å². The molecule has 28 heavy (non-hydrogen) atoms. The summed E-state index contributed by atoms with van der Waals surface area (Å²) < 4.78 is 4.63. The Bertz CT molecular complexity index is 871. The number of nitrogens with zero attached hydrogens (tertiary/aromatic N) is 2. The van der Waals surface area contributed by atoms with Crippen molar-refractivity contribution in [3.63, 3.8) is 0 Å². The maximum absolute atomic E-state index is 12.4. The van der Waals surface area contributed by atoms with Crippen molar-refractivity contribution in [2.24, 2.45) is 0 Å². The maximum atomic E-state index is 12.4. The molecule has 1 saturated heterocycles. The van der Waals surface area contributed by atoms with Gasteiger partial charge in [0, 0.05) is 37.6 Å². The largest absolute Gasteiger partial charge is 0.465 e. The average molecular weight is 381 g/mol. The van der Waals surface area contributed by atoms with Crippen molar-refractivity contribution in [3.05, 3.63) is 59.7 Å². The summed E-state index contributed by atoms with van der Waals surface area (Å²) in [4.78, 5) is 39.9. The van der Waals surface area contributed by atoms with E-state index in [9.17, 15) is 14.4 Å². The number of methoxy groups -OCH3 is 1. The molecule has 0 bridgehead atoms. The summed E-state index contributed by atoms with van der Waals surface area (Å²) in [5.41, 5.74) is 3.14. The van der Waals surface area contributed by atoms with E-state index in [-0.39, 0.29) is 0 Å². The minimum atomic E-state index is -0.685. The zero-order valence-electron chi connectivity index (χ0n) is 16.0. The molecular formula is C21H23N3O4. The fraction of sp³-hybridized carbons (Fsp3) is 0.286. The van der Waals surface area contributed by atoms with E-state index < -0.39 is 17.8 Å². The molecule has 0 atom stereocenters. The summed E-state index contributed by atoms with van der Waals surface area (Å²) in [6, 6.07) is 14.4. The van der Waals surface area contributed by atoms with Crippen LogP contribution in [0.5, 0.6) is 0 Å². The van der Waals surface area contributed by atoms with Gasteiger partial charge >= 0.3 is 17.8 Å². The zero-order valence-corrected chi connectivity index (χ0v) is 16.0. The Balaban J connectivity index is 1.54. The van der Waals surface area contributed by atoms with Gasteiger partial charge in [-0.25, -0.2) is 4.79 Å².